The van der Waals surface area contributed by atoms with Gasteiger partial charge in [-0.05, 0) is 48.7 Å². The molecule has 5 rings (SSSR count). The summed E-state index contributed by atoms with van der Waals surface area (Å²) in [5.41, 5.74) is 8.14. The topological polar surface area (TPSA) is 46.4 Å². The maximum absolute atomic E-state index is 12.7. The van der Waals surface area contributed by atoms with Crippen molar-refractivity contribution in [2.45, 2.75) is 19.8 Å². The number of anilines is 1. The summed E-state index contributed by atoms with van der Waals surface area (Å²) in [5, 5.41) is 3.01. The predicted octanol–water partition coefficient (Wildman–Crippen LogP) is 6.55. The molecule has 0 atom stereocenters. The molecule has 0 spiro atoms. The van der Waals surface area contributed by atoms with Gasteiger partial charge in [0.2, 0.25) is 5.91 Å². The Morgan fingerprint density at radius 3 is 2.15 bits per heavy atom. The third-order valence-corrected chi connectivity index (χ3v) is 5.80. The number of carbonyl (C=O) groups excluding carboxylic acids is 1. The molecule has 2 heterocycles. The van der Waals surface area contributed by atoms with E-state index >= 15 is 0 Å². The van der Waals surface area contributed by atoms with Crippen LogP contribution in [0.4, 0.5) is 5.69 Å². The summed E-state index contributed by atoms with van der Waals surface area (Å²) in [6, 6.07) is 32.5. The lowest BCUT2D eigenvalue weighted by atomic mass is 10.1. The van der Waals surface area contributed by atoms with E-state index in [4.69, 9.17) is 4.98 Å². The molecule has 0 bridgehead atoms. The summed E-state index contributed by atoms with van der Waals surface area (Å²) in [6.07, 6.45) is 3.08. The van der Waals surface area contributed by atoms with E-state index in [1.165, 1.54) is 5.56 Å². The molecular weight excluding hydrogens is 406 g/mol. The predicted molar refractivity (Wildman–Crippen MR) is 134 cm³/mol. The van der Waals surface area contributed by atoms with Crippen LogP contribution < -0.4 is 5.32 Å². The fourth-order valence-electron chi connectivity index (χ4n) is 4.05. The summed E-state index contributed by atoms with van der Waals surface area (Å²) in [4.78, 5) is 17.6. The van der Waals surface area contributed by atoms with Crippen molar-refractivity contribution in [2.75, 3.05) is 5.32 Å². The Balaban J connectivity index is 1.49. The molecule has 2 aromatic heterocycles. The zero-order valence-electron chi connectivity index (χ0n) is 18.5. The van der Waals surface area contributed by atoms with Crippen LogP contribution in [0.5, 0.6) is 0 Å². The summed E-state index contributed by atoms with van der Waals surface area (Å²) in [7, 11) is 0. The van der Waals surface area contributed by atoms with Crippen LogP contribution in [-0.2, 0) is 11.2 Å². The number of aromatic nitrogens is 2. The highest BCUT2D eigenvalue weighted by Crippen LogP contribution is 2.28. The molecule has 0 unspecified atom stereocenters. The van der Waals surface area contributed by atoms with Gasteiger partial charge in [-0.25, -0.2) is 4.98 Å². The molecule has 0 aliphatic carbocycles. The average molecular weight is 432 g/mol. The Bertz CT molecular complexity index is 1390. The first-order valence-corrected chi connectivity index (χ1v) is 11.2. The minimum atomic E-state index is -0.00738. The Labute approximate surface area is 193 Å². The minimum Gasteiger partial charge on any atom is -0.326 e. The molecule has 0 aliphatic heterocycles. The highest BCUT2D eigenvalue weighted by atomic mass is 16.1. The van der Waals surface area contributed by atoms with Gasteiger partial charge in [-0.2, -0.15) is 0 Å². The van der Waals surface area contributed by atoms with E-state index in [2.05, 4.69) is 46.2 Å². The van der Waals surface area contributed by atoms with Crippen molar-refractivity contribution >= 4 is 17.2 Å². The monoisotopic (exact) mass is 431 g/mol. The number of pyridine rings is 1. The van der Waals surface area contributed by atoms with Gasteiger partial charge in [0.25, 0.3) is 0 Å². The van der Waals surface area contributed by atoms with Crippen LogP contribution in [0.1, 0.15) is 17.7 Å². The number of amides is 1. The van der Waals surface area contributed by atoms with E-state index in [0.717, 1.165) is 39.4 Å². The van der Waals surface area contributed by atoms with Crippen LogP contribution in [0.25, 0.3) is 28.0 Å². The van der Waals surface area contributed by atoms with E-state index < -0.39 is 0 Å². The normalized spacial score (nSPS) is 10.9. The molecule has 0 radical (unpaired) electrons. The maximum Gasteiger partial charge on any atom is 0.224 e. The number of imidazole rings is 1. The number of benzene rings is 3. The van der Waals surface area contributed by atoms with Crippen LogP contribution in [0.15, 0.2) is 103 Å². The van der Waals surface area contributed by atoms with Crippen LogP contribution >= 0.6 is 0 Å². The van der Waals surface area contributed by atoms with Gasteiger partial charge in [-0.1, -0.05) is 78.4 Å². The Morgan fingerprint density at radius 2 is 1.45 bits per heavy atom. The lowest BCUT2D eigenvalue weighted by molar-refractivity contribution is -0.116. The highest BCUT2D eigenvalue weighted by molar-refractivity contribution is 5.91. The van der Waals surface area contributed by atoms with Gasteiger partial charge in [0.05, 0.1) is 11.4 Å². The molecular formula is C29H25N3O. The van der Waals surface area contributed by atoms with E-state index in [9.17, 15) is 4.79 Å². The second-order valence-corrected chi connectivity index (χ2v) is 8.20. The van der Waals surface area contributed by atoms with Gasteiger partial charge in [0, 0.05) is 23.9 Å². The number of hydrogen-bond donors (Lipinski definition) is 1. The third-order valence-electron chi connectivity index (χ3n) is 5.80. The Morgan fingerprint density at radius 1 is 0.788 bits per heavy atom. The quantitative estimate of drug-likeness (QED) is 0.331. The van der Waals surface area contributed by atoms with Gasteiger partial charge < -0.3 is 9.72 Å². The Hall–Kier alpha value is -4.18. The van der Waals surface area contributed by atoms with Gasteiger partial charge >= 0.3 is 0 Å². The van der Waals surface area contributed by atoms with Crippen molar-refractivity contribution in [2.24, 2.45) is 0 Å². The van der Waals surface area contributed by atoms with Crippen molar-refractivity contribution in [3.05, 3.63) is 115 Å². The molecule has 1 amide bonds. The summed E-state index contributed by atoms with van der Waals surface area (Å²) < 4.78 is 2.13. The second kappa shape index (κ2) is 9.13. The van der Waals surface area contributed by atoms with Crippen LogP contribution in [0.3, 0.4) is 0 Å². The number of hydrogen-bond acceptors (Lipinski definition) is 2. The Kier molecular flexibility index (Phi) is 5.73. The molecule has 33 heavy (non-hydrogen) atoms. The molecule has 0 aliphatic rings. The zero-order valence-corrected chi connectivity index (χ0v) is 18.5. The van der Waals surface area contributed by atoms with Crippen molar-refractivity contribution in [1.29, 1.82) is 0 Å². The number of nitrogens with zero attached hydrogens (tertiary/aromatic N) is 2. The van der Waals surface area contributed by atoms with Gasteiger partial charge in [-0.15, -0.1) is 0 Å². The number of aryl methyl sites for hydroxylation is 2. The molecule has 0 fully saturated rings. The lowest BCUT2D eigenvalue weighted by Gasteiger charge is -2.09. The fourth-order valence-corrected chi connectivity index (χ4v) is 4.05. The van der Waals surface area contributed by atoms with E-state index in [0.29, 0.717) is 12.8 Å². The molecule has 0 saturated carbocycles. The zero-order chi connectivity index (χ0) is 22.6. The van der Waals surface area contributed by atoms with E-state index in [1.54, 1.807) is 0 Å². The smallest absolute Gasteiger partial charge is 0.224 e. The fraction of sp³-hybridized carbons (Fsp3) is 0.103. The van der Waals surface area contributed by atoms with Gasteiger partial charge in [0.1, 0.15) is 5.65 Å². The largest absolute Gasteiger partial charge is 0.326 e. The summed E-state index contributed by atoms with van der Waals surface area (Å²) in [5.74, 6) is -0.00738. The molecule has 0 saturated heterocycles. The van der Waals surface area contributed by atoms with Gasteiger partial charge in [0.15, 0.2) is 0 Å². The summed E-state index contributed by atoms with van der Waals surface area (Å²) in [6.45, 7) is 2.03. The van der Waals surface area contributed by atoms with Crippen molar-refractivity contribution in [3.8, 4) is 22.4 Å². The average Bonchev–Trinajstić information content (AvgIpc) is 3.23. The number of rotatable bonds is 6. The first-order chi connectivity index (χ1) is 16.2. The highest BCUT2D eigenvalue weighted by Gasteiger charge is 2.16. The van der Waals surface area contributed by atoms with Gasteiger partial charge in [-0.3, -0.25) is 4.79 Å². The van der Waals surface area contributed by atoms with E-state index in [1.807, 2.05) is 73.7 Å². The summed E-state index contributed by atoms with van der Waals surface area (Å²) >= 11 is 0. The molecule has 1 N–H and O–H groups in total. The number of fused-ring (bicyclic) bond motifs is 1. The van der Waals surface area contributed by atoms with E-state index in [-0.39, 0.29) is 5.91 Å². The molecule has 5 aromatic rings. The van der Waals surface area contributed by atoms with Crippen molar-refractivity contribution in [3.63, 3.8) is 0 Å². The van der Waals surface area contributed by atoms with Crippen LogP contribution in [0.2, 0.25) is 0 Å². The third kappa shape index (κ3) is 4.55. The molecule has 4 nitrogen and oxygen atoms in total. The van der Waals surface area contributed by atoms with Crippen molar-refractivity contribution in [1.82, 2.24) is 9.38 Å². The van der Waals surface area contributed by atoms with Crippen molar-refractivity contribution < 1.29 is 4.79 Å². The van der Waals surface area contributed by atoms with Crippen LogP contribution in [-0.4, -0.2) is 15.3 Å². The second-order valence-electron chi connectivity index (χ2n) is 8.20. The molecule has 162 valence electrons. The first-order valence-electron chi connectivity index (χ1n) is 11.2. The minimum absolute atomic E-state index is 0.00738. The SMILES string of the molecule is Cc1ccc(NC(=O)CCc2c(-c3ccccc3)nc3ccc(-c4ccccc4)cn23)cc1. The van der Waals surface area contributed by atoms with Crippen LogP contribution in [0, 0.1) is 6.92 Å². The number of carbonyl (C=O) groups is 1. The molecule has 3 aromatic carbocycles. The first kappa shape index (κ1) is 20.7. The molecule has 4 heteroatoms. The maximum atomic E-state index is 12.7. The standard InChI is InChI=1S/C29H25N3O/c1-21-12-15-25(16-13-21)30-28(33)19-17-26-29(23-10-6-3-7-11-23)31-27-18-14-24(20-32(26)27)22-8-4-2-5-9-22/h2-16,18,20H,17,19H2,1H3,(H,30,33). The number of nitrogens with one attached hydrogen (secondary N) is 1. The lowest BCUT2D eigenvalue weighted by Crippen LogP contribution is -2.13.